The number of nitrogens with zero attached hydrogens (tertiary/aromatic N) is 3. The van der Waals surface area contributed by atoms with Gasteiger partial charge in [-0.15, -0.1) is 0 Å². The first-order valence-electron chi connectivity index (χ1n) is 11.3. The molecule has 5 rings (SSSR count). The Morgan fingerprint density at radius 3 is 2.24 bits per heavy atom. The van der Waals surface area contributed by atoms with Crippen LogP contribution in [0.25, 0.3) is 0 Å². The highest BCUT2D eigenvalue weighted by Gasteiger charge is 2.86. The zero-order valence-corrected chi connectivity index (χ0v) is 20.5. The molecule has 0 aromatic heterocycles. The number of anilines is 1. The number of aliphatic imine (C=N–C) groups is 1. The minimum Gasteiger partial charge on any atom is -0.294 e. The number of likely N-dealkylation sites (tertiary alicyclic amines) is 1. The maximum atomic E-state index is 14.4. The molecule has 3 aliphatic rings. The predicted molar refractivity (Wildman–Crippen MR) is 130 cm³/mol. The monoisotopic (exact) mass is 475 g/mol. The number of hydrogen-bond donors (Lipinski definition) is 0. The Hall–Kier alpha value is -3.26. The zero-order chi connectivity index (χ0) is 24.6. The molecule has 0 saturated carbocycles. The van der Waals surface area contributed by atoms with Gasteiger partial charge in [-0.2, -0.15) is 0 Å². The van der Waals surface area contributed by atoms with E-state index in [1.54, 1.807) is 42.5 Å². The fourth-order valence-electron chi connectivity index (χ4n) is 5.17. The number of hydrogen-bond acceptors (Lipinski definition) is 6. The van der Waals surface area contributed by atoms with Crippen LogP contribution in [0.4, 0.5) is 5.69 Å². The van der Waals surface area contributed by atoms with Gasteiger partial charge in [0.15, 0.2) is 5.78 Å². The highest BCUT2D eigenvalue weighted by atomic mass is 32.2. The molecule has 8 heteroatoms. The van der Waals surface area contributed by atoms with Crippen molar-refractivity contribution >= 4 is 46.7 Å². The summed E-state index contributed by atoms with van der Waals surface area (Å²) in [7, 11) is 0. The fraction of sp³-hybridized carbons (Fsp3) is 0.346. The van der Waals surface area contributed by atoms with Crippen molar-refractivity contribution in [2.45, 2.75) is 56.5 Å². The van der Waals surface area contributed by atoms with Gasteiger partial charge in [-0.05, 0) is 46.8 Å². The standard InChI is InChI=1S/C26H25N3O4S/c1-14(2)27-23-25(20(30)17-12-10-16(5)11-13-17)21(31)22(32)29-18-8-6-7-9-19(18)34-26(25,29)24(33)28(23)15(3)4/h6-15H,1-5H3. The molecule has 0 bridgehead atoms. The largest absolute Gasteiger partial charge is 0.297 e. The number of benzene rings is 2. The first kappa shape index (κ1) is 22.5. The molecule has 2 aromatic rings. The third-order valence-corrected chi connectivity index (χ3v) is 8.07. The second kappa shape index (κ2) is 7.37. The lowest BCUT2D eigenvalue weighted by Crippen LogP contribution is -2.57. The van der Waals surface area contributed by atoms with Crippen LogP contribution in [0.1, 0.15) is 43.6 Å². The Morgan fingerprint density at radius 2 is 1.62 bits per heavy atom. The molecular formula is C26H25N3O4S. The minimum absolute atomic E-state index is 0.0641. The van der Waals surface area contributed by atoms with E-state index in [9.17, 15) is 19.2 Å². The molecule has 174 valence electrons. The van der Waals surface area contributed by atoms with Crippen LogP contribution in [0.3, 0.4) is 0 Å². The summed E-state index contributed by atoms with van der Waals surface area (Å²) >= 11 is 1.11. The molecule has 2 fully saturated rings. The molecule has 2 unspecified atom stereocenters. The average Bonchev–Trinajstić information content (AvgIpc) is 3.30. The molecule has 1 spiro atoms. The molecular weight excluding hydrogens is 450 g/mol. The van der Waals surface area contributed by atoms with Crippen molar-refractivity contribution in [2.75, 3.05) is 4.90 Å². The van der Waals surface area contributed by atoms with E-state index in [0.29, 0.717) is 10.6 Å². The first-order chi connectivity index (χ1) is 16.1. The lowest BCUT2D eigenvalue weighted by molar-refractivity contribution is -0.136. The summed E-state index contributed by atoms with van der Waals surface area (Å²) in [4.78, 5) is 62.6. The topological polar surface area (TPSA) is 87.1 Å². The van der Waals surface area contributed by atoms with Gasteiger partial charge < -0.3 is 0 Å². The van der Waals surface area contributed by atoms with Crippen molar-refractivity contribution in [3.63, 3.8) is 0 Å². The molecule has 2 atom stereocenters. The summed E-state index contributed by atoms with van der Waals surface area (Å²) in [5.41, 5.74) is -0.412. The van der Waals surface area contributed by atoms with Crippen LogP contribution < -0.4 is 4.90 Å². The van der Waals surface area contributed by atoms with Gasteiger partial charge in [-0.1, -0.05) is 53.7 Å². The van der Waals surface area contributed by atoms with E-state index in [0.717, 1.165) is 17.3 Å². The number of Topliss-reactive ketones (excluding diaryl/α,β-unsaturated/α-hetero) is 2. The molecule has 2 aromatic carbocycles. The second-order valence-corrected chi connectivity index (χ2v) is 10.7. The molecule has 0 radical (unpaired) electrons. The minimum atomic E-state index is -2.09. The number of ketones is 2. The smallest absolute Gasteiger partial charge is 0.294 e. The van der Waals surface area contributed by atoms with E-state index in [-0.39, 0.29) is 23.5 Å². The van der Waals surface area contributed by atoms with Crippen LogP contribution in [0.5, 0.6) is 0 Å². The third-order valence-electron chi connectivity index (χ3n) is 6.55. The summed E-state index contributed by atoms with van der Waals surface area (Å²) in [6, 6.07) is 13.2. The third kappa shape index (κ3) is 2.52. The lowest BCUT2D eigenvalue weighted by Gasteiger charge is -2.33. The number of aryl methyl sites for hydroxylation is 1. The second-order valence-electron chi connectivity index (χ2n) is 9.44. The van der Waals surface area contributed by atoms with Gasteiger partial charge in [0.25, 0.3) is 11.8 Å². The summed E-state index contributed by atoms with van der Waals surface area (Å²) in [6.07, 6.45) is 0. The number of amidine groups is 1. The van der Waals surface area contributed by atoms with E-state index in [1.807, 2.05) is 40.7 Å². The van der Waals surface area contributed by atoms with Crippen molar-refractivity contribution in [2.24, 2.45) is 10.4 Å². The summed E-state index contributed by atoms with van der Waals surface area (Å²) < 4.78 is 0. The number of para-hydroxylation sites is 1. The summed E-state index contributed by atoms with van der Waals surface area (Å²) in [6.45, 7) is 9.17. The highest BCUT2D eigenvalue weighted by Crippen LogP contribution is 2.66. The first-order valence-corrected chi connectivity index (χ1v) is 12.1. The van der Waals surface area contributed by atoms with Gasteiger partial charge in [0.2, 0.25) is 16.1 Å². The van der Waals surface area contributed by atoms with Gasteiger partial charge in [0.1, 0.15) is 5.84 Å². The molecule has 34 heavy (non-hydrogen) atoms. The van der Waals surface area contributed by atoms with Gasteiger partial charge in [-0.25, -0.2) is 0 Å². The van der Waals surface area contributed by atoms with Crippen molar-refractivity contribution in [1.82, 2.24) is 4.90 Å². The van der Waals surface area contributed by atoms with E-state index in [4.69, 9.17) is 4.99 Å². The Bertz CT molecular complexity index is 1300. The predicted octanol–water partition coefficient (Wildman–Crippen LogP) is 3.64. The normalized spacial score (nSPS) is 26.7. The Morgan fingerprint density at radius 1 is 0.971 bits per heavy atom. The molecule has 7 nitrogen and oxygen atoms in total. The Balaban J connectivity index is 1.90. The van der Waals surface area contributed by atoms with Gasteiger partial charge >= 0.3 is 0 Å². The molecule has 3 heterocycles. The molecule has 2 saturated heterocycles. The average molecular weight is 476 g/mol. The van der Waals surface area contributed by atoms with Crippen LogP contribution in [-0.2, 0) is 14.4 Å². The van der Waals surface area contributed by atoms with E-state index in [2.05, 4.69) is 0 Å². The SMILES string of the molecule is Cc1ccc(C(=O)C23C(=O)C(=O)N4c5ccccc5SC42C(=O)N(C(C)C)C3=NC(C)C)cc1. The molecule has 0 N–H and O–H groups in total. The molecule has 3 aliphatic heterocycles. The number of rotatable bonds is 4. The van der Waals surface area contributed by atoms with Gasteiger partial charge in [0, 0.05) is 22.5 Å². The van der Waals surface area contributed by atoms with E-state index in [1.165, 1.54) is 9.80 Å². The van der Waals surface area contributed by atoms with Crippen molar-refractivity contribution < 1.29 is 19.2 Å². The molecule has 2 amide bonds. The van der Waals surface area contributed by atoms with Crippen molar-refractivity contribution in [3.8, 4) is 0 Å². The highest BCUT2D eigenvalue weighted by molar-refractivity contribution is 8.02. The van der Waals surface area contributed by atoms with Gasteiger partial charge in [0.05, 0.1) is 5.69 Å². The van der Waals surface area contributed by atoms with Crippen molar-refractivity contribution in [3.05, 3.63) is 59.7 Å². The molecule has 0 aliphatic carbocycles. The number of amides is 2. The van der Waals surface area contributed by atoms with Crippen LogP contribution >= 0.6 is 11.8 Å². The van der Waals surface area contributed by atoms with Crippen LogP contribution in [0.15, 0.2) is 58.4 Å². The number of carbonyl (C=O) groups is 4. The number of thioether (sulfide) groups is 1. The maximum Gasteiger partial charge on any atom is 0.297 e. The quantitative estimate of drug-likeness (QED) is 0.383. The number of fused-ring (bicyclic) bond motifs is 2. The van der Waals surface area contributed by atoms with Crippen LogP contribution in [-0.4, -0.2) is 51.1 Å². The maximum absolute atomic E-state index is 14.4. The zero-order valence-electron chi connectivity index (χ0n) is 19.7. The summed E-state index contributed by atoms with van der Waals surface area (Å²) in [5, 5.41) is 0. The van der Waals surface area contributed by atoms with Gasteiger partial charge in [-0.3, -0.25) is 34.0 Å². The number of carbonyl (C=O) groups excluding carboxylic acids is 4. The fourth-order valence-corrected chi connectivity index (χ4v) is 6.79. The van der Waals surface area contributed by atoms with E-state index < -0.39 is 33.7 Å². The summed E-state index contributed by atoms with van der Waals surface area (Å²) in [5.74, 6) is -2.75. The Labute approximate surface area is 202 Å². The van der Waals surface area contributed by atoms with Crippen LogP contribution in [0, 0.1) is 12.3 Å². The van der Waals surface area contributed by atoms with Crippen molar-refractivity contribution in [1.29, 1.82) is 0 Å². The Kier molecular flexibility index (Phi) is 4.88. The van der Waals surface area contributed by atoms with E-state index >= 15 is 0 Å². The van der Waals surface area contributed by atoms with Crippen LogP contribution in [0.2, 0.25) is 0 Å². The lowest BCUT2D eigenvalue weighted by atomic mass is 9.73.